The van der Waals surface area contributed by atoms with E-state index < -0.39 is 11.7 Å². The van der Waals surface area contributed by atoms with Gasteiger partial charge in [0.1, 0.15) is 12.3 Å². The van der Waals surface area contributed by atoms with Crippen LogP contribution in [0, 0.1) is 13.8 Å². The summed E-state index contributed by atoms with van der Waals surface area (Å²) in [5.74, 6) is 0.183. The molecule has 0 radical (unpaired) electrons. The molecule has 0 aliphatic rings. The van der Waals surface area contributed by atoms with Crippen molar-refractivity contribution in [2.24, 2.45) is 0 Å². The Balaban J connectivity index is 2.43. The molecule has 0 saturated heterocycles. The van der Waals surface area contributed by atoms with Gasteiger partial charge < -0.3 is 9.52 Å². The smallest absolute Gasteiger partial charge is 0.348 e. The van der Waals surface area contributed by atoms with Gasteiger partial charge in [0, 0.05) is 23.4 Å². The first kappa shape index (κ1) is 15.0. The summed E-state index contributed by atoms with van der Waals surface area (Å²) >= 11 is 0. The maximum Gasteiger partial charge on any atom is 0.348 e. The monoisotopic (exact) mass is 291 g/mol. The number of aromatic nitrogens is 3. The highest BCUT2D eigenvalue weighted by Gasteiger charge is 2.15. The zero-order valence-electron chi connectivity index (χ0n) is 12.2. The fourth-order valence-corrected chi connectivity index (χ4v) is 2.15. The van der Waals surface area contributed by atoms with E-state index in [-0.39, 0.29) is 13.0 Å². The van der Waals surface area contributed by atoms with Crippen molar-refractivity contribution in [3.8, 4) is 0 Å². The molecule has 0 aromatic carbocycles. The Morgan fingerprint density at radius 1 is 1.43 bits per heavy atom. The van der Waals surface area contributed by atoms with Crippen molar-refractivity contribution < 1.29 is 14.3 Å². The molecule has 7 heteroatoms. The first-order chi connectivity index (χ1) is 9.92. The molecule has 2 aromatic heterocycles. The van der Waals surface area contributed by atoms with Gasteiger partial charge in [-0.25, -0.2) is 9.78 Å². The number of carboxylic acid groups (broad SMARTS) is 1. The first-order valence-electron chi connectivity index (χ1n) is 6.64. The summed E-state index contributed by atoms with van der Waals surface area (Å²) in [6.07, 6.45) is 2.17. The Labute approximate surface area is 121 Å². The van der Waals surface area contributed by atoms with Gasteiger partial charge in [0.2, 0.25) is 5.89 Å². The highest BCUT2D eigenvalue weighted by atomic mass is 16.4. The maximum atomic E-state index is 12.0. The Hall–Kier alpha value is -2.44. The average Bonchev–Trinajstić information content (AvgIpc) is 2.87. The van der Waals surface area contributed by atoms with E-state index in [4.69, 9.17) is 9.52 Å². The van der Waals surface area contributed by atoms with Crippen molar-refractivity contribution in [2.45, 2.75) is 40.2 Å². The number of oxazole rings is 1. The van der Waals surface area contributed by atoms with Gasteiger partial charge in [-0.1, -0.05) is 6.92 Å². The van der Waals surface area contributed by atoms with Crippen molar-refractivity contribution in [1.82, 2.24) is 14.5 Å². The van der Waals surface area contributed by atoms with E-state index in [9.17, 15) is 9.59 Å². The van der Waals surface area contributed by atoms with E-state index in [2.05, 4.69) is 9.97 Å². The van der Waals surface area contributed by atoms with Gasteiger partial charge >= 0.3 is 11.7 Å². The second kappa shape index (κ2) is 5.90. The molecule has 7 nitrogen and oxygen atoms in total. The van der Waals surface area contributed by atoms with Crippen LogP contribution in [-0.2, 0) is 24.2 Å². The van der Waals surface area contributed by atoms with Crippen LogP contribution in [0.4, 0.5) is 0 Å². The Kier molecular flexibility index (Phi) is 4.21. The lowest BCUT2D eigenvalue weighted by Crippen LogP contribution is -2.29. The van der Waals surface area contributed by atoms with Crippen LogP contribution >= 0.6 is 0 Å². The number of hydrogen-bond acceptors (Lipinski definition) is 5. The SMILES string of the molecule is CCc1cnc(Cn2c(C)c(CC(=O)O)c(C)nc2=O)o1. The zero-order chi connectivity index (χ0) is 15.6. The molecule has 0 atom stereocenters. The average molecular weight is 291 g/mol. The van der Waals surface area contributed by atoms with Crippen molar-refractivity contribution in [2.75, 3.05) is 0 Å². The van der Waals surface area contributed by atoms with E-state index in [1.807, 2.05) is 6.92 Å². The fraction of sp³-hybridized carbons (Fsp3) is 0.429. The molecule has 21 heavy (non-hydrogen) atoms. The first-order valence-corrected chi connectivity index (χ1v) is 6.64. The third kappa shape index (κ3) is 3.18. The molecule has 2 rings (SSSR count). The Morgan fingerprint density at radius 2 is 2.14 bits per heavy atom. The van der Waals surface area contributed by atoms with Crippen LogP contribution in [0.25, 0.3) is 0 Å². The summed E-state index contributed by atoms with van der Waals surface area (Å²) in [4.78, 5) is 30.9. The molecule has 112 valence electrons. The molecule has 0 fully saturated rings. The quantitative estimate of drug-likeness (QED) is 0.885. The third-order valence-electron chi connectivity index (χ3n) is 3.34. The van der Waals surface area contributed by atoms with Gasteiger partial charge in [0.25, 0.3) is 0 Å². The zero-order valence-corrected chi connectivity index (χ0v) is 12.2. The predicted octanol–water partition coefficient (Wildman–Crippen LogP) is 1.09. The van der Waals surface area contributed by atoms with Gasteiger partial charge in [-0.05, 0) is 13.8 Å². The van der Waals surface area contributed by atoms with Crippen LogP contribution in [0.1, 0.15) is 35.5 Å². The van der Waals surface area contributed by atoms with Crippen molar-refractivity contribution in [3.05, 3.63) is 45.3 Å². The maximum absolute atomic E-state index is 12.0. The van der Waals surface area contributed by atoms with Crippen molar-refractivity contribution in [1.29, 1.82) is 0 Å². The van der Waals surface area contributed by atoms with Crippen molar-refractivity contribution in [3.63, 3.8) is 0 Å². The normalized spacial score (nSPS) is 10.8. The number of hydrogen-bond donors (Lipinski definition) is 1. The van der Waals surface area contributed by atoms with Crippen LogP contribution in [-0.4, -0.2) is 25.6 Å². The minimum atomic E-state index is -0.961. The van der Waals surface area contributed by atoms with Gasteiger partial charge in [-0.2, -0.15) is 4.98 Å². The standard InChI is InChI=1S/C14H17N3O4/c1-4-10-6-15-12(21-10)7-17-9(3)11(5-13(18)19)8(2)16-14(17)20/h6H,4-5,7H2,1-3H3,(H,18,19). The van der Waals surface area contributed by atoms with E-state index in [1.165, 1.54) is 4.57 Å². The van der Waals surface area contributed by atoms with E-state index in [0.29, 0.717) is 22.8 Å². The van der Waals surface area contributed by atoms with Crippen LogP contribution in [0.5, 0.6) is 0 Å². The van der Waals surface area contributed by atoms with Crippen molar-refractivity contribution >= 4 is 5.97 Å². The third-order valence-corrected chi connectivity index (χ3v) is 3.34. The molecule has 2 heterocycles. The topological polar surface area (TPSA) is 98.2 Å². The van der Waals surface area contributed by atoms with E-state index in [1.54, 1.807) is 20.0 Å². The Bertz CT molecular complexity index is 730. The molecule has 0 aliphatic heterocycles. The summed E-state index contributed by atoms with van der Waals surface area (Å²) < 4.78 is 6.87. The number of rotatable bonds is 5. The lowest BCUT2D eigenvalue weighted by atomic mass is 10.1. The number of aryl methyl sites for hydroxylation is 2. The summed E-state index contributed by atoms with van der Waals surface area (Å²) in [5, 5.41) is 8.95. The minimum Gasteiger partial charge on any atom is -0.481 e. The molecule has 0 unspecified atom stereocenters. The summed E-state index contributed by atoms with van der Waals surface area (Å²) in [7, 11) is 0. The van der Waals surface area contributed by atoms with Gasteiger partial charge in [-0.15, -0.1) is 0 Å². The Morgan fingerprint density at radius 3 is 2.71 bits per heavy atom. The summed E-state index contributed by atoms with van der Waals surface area (Å²) in [6, 6.07) is 0. The molecule has 0 amide bonds. The van der Waals surface area contributed by atoms with E-state index in [0.717, 1.165) is 12.2 Å². The largest absolute Gasteiger partial charge is 0.481 e. The number of carboxylic acids is 1. The molecule has 0 saturated carbocycles. The van der Waals surface area contributed by atoms with Gasteiger partial charge in [0.05, 0.1) is 12.6 Å². The predicted molar refractivity (Wildman–Crippen MR) is 74.3 cm³/mol. The van der Waals surface area contributed by atoms with E-state index >= 15 is 0 Å². The lowest BCUT2D eigenvalue weighted by Gasteiger charge is -2.13. The number of aliphatic carboxylic acids is 1. The fourth-order valence-electron chi connectivity index (χ4n) is 2.15. The molecule has 0 spiro atoms. The molecule has 0 aliphatic carbocycles. The highest BCUT2D eigenvalue weighted by Crippen LogP contribution is 2.12. The summed E-state index contributed by atoms with van der Waals surface area (Å²) in [5.41, 5.74) is 1.13. The number of nitrogens with zero attached hydrogens (tertiary/aromatic N) is 3. The molecule has 0 bridgehead atoms. The molecule has 2 aromatic rings. The molecular formula is C14H17N3O4. The molecule has 1 N–H and O–H groups in total. The van der Waals surface area contributed by atoms with Crippen LogP contribution in [0.15, 0.2) is 15.4 Å². The second-order valence-corrected chi connectivity index (χ2v) is 4.77. The van der Waals surface area contributed by atoms with Crippen LogP contribution in [0.3, 0.4) is 0 Å². The van der Waals surface area contributed by atoms with Crippen LogP contribution < -0.4 is 5.69 Å². The van der Waals surface area contributed by atoms with Gasteiger partial charge in [0.15, 0.2) is 0 Å². The highest BCUT2D eigenvalue weighted by molar-refractivity contribution is 5.70. The van der Waals surface area contributed by atoms with Crippen LogP contribution in [0.2, 0.25) is 0 Å². The minimum absolute atomic E-state index is 0.143. The summed E-state index contributed by atoms with van der Waals surface area (Å²) in [6.45, 7) is 5.43. The van der Waals surface area contributed by atoms with Gasteiger partial charge in [-0.3, -0.25) is 9.36 Å². The number of carbonyl (C=O) groups is 1. The molecular weight excluding hydrogens is 274 g/mol. The lowest BCUT2D eigenvalue weighted by molar-refractivity contribution is -0.136. The second-order valence-electron chi connectivity index (χ2n) is 4.77.